The van der Waals surface area contributed by atoms with Gasteiger partial charge in [0.05, 0.1) is 5.69 Å². The number of aromatic hydroxyl groups is 1. The summed E-state index contributed by atoms with van der Waals surface area (Å²) in [6.07, 6.45) is 2.99. The van der Waals surface area contributed by atoms with Gasteiger partial charge in [-0.25, -0.2) is 9.97 Å². The maximum absolute atomic E-state index is 13.0. The van der Waals surface area contributed by atoms with Crippen molar-refractivity contribution in [3.63, 3.8) is 0 Å². The number of nitrogens with one attached hydrogen (secondary N) is 2. The lowest BCUT2D eigenvalue weighted by Crippen LogP contribution is -2.43. The third kappa shape index (κ3) is 4.41. The number of phenolic OH excluding ortho intramolecular Hbond substituents is 1. The van der Waals surface area contributed by atoms with E-state index in [2.05, 4.69) is 20.6 Å². The number of aromatic nitrogens is 2. The first-order valence-corrected chi connectivity index (χ1v) is 12.7. The first-order chi connectivity index (χ1) is 18.5. The van der Waals surface area contributed by atoms with Crippen LogP contribution in [0.4, 0.5) is 11.6 Å². The Kier molecular flexibility index (Phi) is 6.13. The van der Waals surface area contributed by atoms with Crippen molar-refractivity contribution in [2.45, 2.75) is 44.3 Å². The number of para-hydroxylation sites is 1. The Balaban J connectivity index is 1.12. The van der Waals surface area contributed by atoms with Crippen LogP contribution >= 0.6 is 0 Å². The van der Waals surface area contributed by atoms with E-state index in [-0.39, 0.29) is 42.2 Å². The van der Waals surface area contributed by atoms with Gasteiger partial charge in [0, 0.05) is 36.2 Å². The van der Waals surface area contributed by atoms with Gasteiger partial charge in [0.2, 0.25) is 5.91 Å². The van der Waals surface area contributed by atoms with Crippen molar-refractivity contribution in [2.24, 2.45) is 5.92 Å². The van der Waals surface area contributed by atoms with Crippen molar-refractivity contribution in [2.75, 3.05) is 16.8 Å². The Labute approximate surface area is 219 Å². The van der Waals surface area contributed by atoms with E-state index in [4.69, 9.17) is 10.00 Å². The molecule has 0 unspecified atom stereocenters. The fraction of sp³-hybridized carbons (Fsp3) is 0.321. The Bertz CT molecular complexity index is 1470. The molecule has 1 saturated carbocycles. The predicted molar refractivity (Wildman–Crippen MR) is 138 cm³/mol. The highest BCUT2D eigenvalue weighted by atomic mass is 16.5. The molecule has 3 N–H and O–H groups in total. The zero-order valence-corrected chi connectivity index (χ0v) is 20.6. The van der Waals surface area contributed by atoms with E-state index in [9.17, 15) is 14.7 Å². The monoisotopic (exact) mass is 510 g/mol. The number of phenols is 1. The number of benzene rings is 1. The van der Waals surface area contributed by atoms with Gasteiger partial charge in [0.1, 0.15) is 23.3 Å². The van der Waals surface area contributed by atoms with Crippen LogP contribution in [0, 0.1) is 17.2 Å². The maximum Gasteiger partial charge on any atom is 0.263 e. The number of hydrogen-bond acceptors (Lipinski definition) is 8. The first kappa shape index (κ1) is 23.9. The van der Waals surface area contributed by atoms with E-state index in [0.29, 0.717) is 47.3 Å². The third-order valence-corrected chi connectivity index (χ3v) is 7.53. The molecule has 0 spiro atoms. The number of rotatable bonds is 5. The summed E-state index contributed by atoms with van der Waals surface area (Å²) in [5.41, 5.74) is 2.18. The summed E-state index contributed by atoms with van der Waals surface area (Å²) in [5, 5.41) is 26.4. The smallest absolute Gasteiger partial charge is 0.263 e. The fourth-order valence-electron chi connectivity index (χ4n) is 5.73. The molecule has 0 radical (unpaired) electrons. The predicted octanol–water partition coefficient (Wildman–Crippen LogP) is 3.12. The van der Waals surface area contributed by atoms with E-state index >= 15 is 0 Å². The Morgan fingerprint density at radius 1 is 1.13 bits per heavy atom. The van der Waals surface area contributed by atoms with E-state index in [1.54, 1.807) is 41.3 Å². The molecule has 3 atom stereocenters. The zero-order chi connectivity index (χ0) is 26.2. The van der Waals surface area contributed by atoms with Crippen molar-refractivity contribution in [3.05, 3.63) is 59.8 Å². The quantitative estimate of drug-likeness (QED) is 0.476. The number of nitrogens with zero attached hydrogens (tertiary/aromatic N) is 4. The lowest BCUT2D eigenvalue weighted by molar-refractivity contribution is -0.119. The van der Waals surface area contributed by atoms with E-state index in [1.807, 2.05) is 18.2 Å². The van der Waals surface area contributed by atoms with E-state index < -0.39 is 0 Å². The standard InChI is InChI=1S/C28H26N6O4/c29-13-19-4-2-6-21(31-19)20-5-1-3-16(27(20)37)14-30-18-7-8-22-17(11-18)12-26(36)34(22)24-10-9-23-28(32-24)33-25(35)15-38-23/h1-6,9-10,17-18,22,30,37H,7-8,11-12,14-15H2,(H,32,33,35)/t17-,18-,22-/m0/s1. The molecule has 10 heteroatoms. The number of hydrogen-bond donors (Lipinski definition) is 3. The number of carbonyl (C=O) groups is 2. The van der Waals surface area contributed by atoms with Crippen LogP contribution in [0.3, 0.4) is 0 Å². The summed E-state index contributed by atoms with van der Waals surface area (Å²) in [4.78, 5) is 35.3. The van der Waals surface area contributed by atoms with Crippen LogP contribution in [-0.2, 0) is 16.1 Å². The van der Waals surface area contributed by atoms with Crippen molar-refractivity contribution in [1.29, 1.82) is 5.26 Å². The summed E-state index contributed by atoms with van der Waals surface area (Å²) in [6.45, 7) is 0.437. The van der Waals surface area contributed by atoms with Gasteiger partial charge >= 0.3 is 0 Å². The number of nitriles is 1. The zero-order valence-electron chi connectivity index (χ0n) is 20.6. The second-order valence-electron chi connectivity index (χ2n) is 9.87. The van der Waals surface area contributed by atoms with Gasteiger partial charge in [-0.3, -0.25) is 14.5 Å². The van der Waals surface area contributed by atoms with Crippen molar-refractivity contribution >= 4 is 23.5 Å². The van der Waals surface area contributed by atoms with Gasteiger partial charge in [0.15, 0.2) is 18.2 Å². The lowest BCUT2D eigenvalue weighted by Gasteiger charge is -2.35. The van der Waals surface area contributed by atoms with Gasteiger partial charge in [-0.05, 0) is 55.5 Å². The molecule has 2 aromatic heterocycles. The SMILES string of the molecule is N#Cc1cccc(-c2cccc(CN[C@H]3CC[C@H]4[C@H](CC(=O)N4c4ccc5c(n4)NC(=O)CO5)C3)c2O)n1. The van der Waals surface area contributed by atoms with Gasteiger partial charge in [0.25, 0.3) is 5.91 Å². The molecule has 10 nitrogen and oxygen atoms in total. The molecule has 192 valence electrons. The van der Waals surface area contributed by atoms with Crippen LogP contribution in [0.5, 0.6) is 11.5 Å². The largest absolute Gasteiger partial charge is 0.507 e. The Morgan fingerprint density at radius 3 is 2.87 bits per heavy atom. The second kappa shape index (κ2) is 9.76. The summed E-state index contributed by atoms with van der Waals surface area (Å²) >= 11 is 0. The third-order valence-electron chi connectivity index (χ3n) is 7.53. The van der Waals surface area contributed by atoms with Gasteiger partial charge in [-0.1, -0.05) is 18.2 Å². The minimum absolute atomic E-state index is 0.0357. The van der Waals surface area contributed by atoms with Gasteiger partial charge in [-0.15, -0.1) is 0 Å². The highest BCUT2D eigenvalue weighted by Gasteiger charge is 2.44. The molecule has 6 rings (SSSR count). The molecule has 2 amide bonds. The molecule has 2 fully saturated rings. The maximum atomic E-state index is 13.0. The molecule has 1 aromatic carbocycles. The average molecular weight is 511 g/mol. The molecule has 2 aliphatic heterocycles. The Morgan fingerprint density at radius 2 is 2.00 bits per heavy atom. The minimum atomic E-state index is -0.261. The van der Waals surface area contributed by atoms with Crippen LogP contribution in [0.2, 0.25) is 0 Å². The molecule has 0 bridgehead atoms. The first-order valence-electron chi connectivity index (χ1n) is 12.7. The lowest BCUT2D eigenvalue weighted by atomic mass is 9.82. The molecular formula is C28H26N6O4. The summed E-state index contributed by atoms with van der Waals surface area (Å²) in [7, 11) is 0. The van der Waals surface area contributed by atoms with Gasteiger partial charge in [-0.2, -0.15) is 5.26 Å². The molecule has 4 heterocycles. The fourth-order valence-corrected chi connectivity index (χ4v) is 5.73. The van der Waals surface area contributed by atoms with Crippen LogP contribution in [-0.4, -0.2) is 45.6 Å². The summed E-state index contributed by atoms with van der Waals surface area (Å²) in [6, 6.07) is 16.5. The molecule has 1 aliphatic carbocycles. The minimum Gasteiger partial charge on any atom is -0.507 e. The molecular weight excluding hydrogens is 484 g/mol. The summed E-state index contributed by atoms with van der Waals surface area (Å²) in [5.74, 6) is 1.50. The Hall–Kier alpha value is -4.49. The number of amides is 2. The molecule has 3 aliphatic rings. The summed E-state index contributed by atoms with van der Waals surface area (Å²) < 4.78 is 5.40. The van der Waals surface area contributed by atoms with E-state index in [1.165, 1.54) is 0 Å². The van der Waals surface area contributed by atoms with Crippen molar-refractivity contribution in [3.8, 4) is 28.8 Å². The van der Waals surface area contributed by atoms with Gasteiger partial charge < -0.3 is 20.5 Å². The van der Waals surface area contributed by atoms with Crippen molar-refractivity contribution in [1.82, 2.24) is 15.3 Å². The number of fused-ring (bicyclic) bond motifs is 2. The highest BCUT2D eigenvalue weighted by molar-refractivity contribution is 5.97. The van der Waals surface area contributed by atoms with E-state index in [0.717, 1.165) is 24.8 Å². The van der Waals surface area contributed by atoms with Crippen molar-refractivity contribution < 1.29 is 19.4 Å². The molecule has 3 aromatic rings. The van der Waals surface area contributed by atoms with Crippen LogP contribution in [0.1, 0.15) is 36.9 Å². The molecule has 38 heavy (non-hydrogen) atoms. The average Bonchev–Trinajstić information content (AvgIpc) is 3.26. The van der Waals surface area contributed by atoms with Crippen LogP contribution in [0.15, 0.2) is 48.5 Å². The molecule has 1 saturated heterocycles. The van der Waals surface area contributed by atoms with Crippen LogP contribution < -0.4 is 20.3 Å². The highest BCUT2D eigenvalue weighted by Crippen LogP contribution is 2.41. The van der Waals surface area contributed by atoms with Crippen LogP contribution in [0.25, 0.3) is 11.3 Å². The normalized spacial score (nSPS) is 22.2. The topological polar surface area (TPSA) is 140 Å². The number of pyridine rings is 2. The number of ether oxygens (including phenoxy) is 1. The number of anilines is 2. The second-order valence-corrected chi connectivity index (χ2v) is 9.87. The number of carbonyl (C=O) groups excluding carboxylic acids is 2.